The summed E-state index contributed by atoms with van der Waals surface area (Å²) in [5.41, 5.74) is 3.44. The average molecular weight is 460 g/mol. The molecule has 0 amide bonds. The Morgan fingerprint density at radius 3 is 2.61 bits per heavy atom. The Morgan fingerprint density at radius 2 is 1.79 bits per heavy atom. The minimum Gasteiger partial charge on any atom is -0.352 e. The van der Waals surface area contributed by atoms with Crippen molar-refractivity contribution in [3.8, 4) is 11.5 Å². The second-order valence-corrected chi connectivity index (χ2v) is 9.64. The fraction of sp³-hybridized carbons (Fsp3) is 0.0833. The number of para-hydroxylation sites is 1. The van der Waals surface area contributed by atoms with Crippen molar-refractivity contribution in [3.63, 3.8) is 0 Å². The average Bonchev–Trinajstić information content (AvgIpc) is 3.19. The van der Waals surface area contributed by atoms with Crippen LogP contribution in [-0.4, -0.2) is 23.0 Å². The van der Waals surface area contributed by atoms with Crippen molar-refractivity contribution < 1.29 is 12.8 Å². The number of nitrogens with one attached hydrogen (secondary N) is 2. The zero-order valence-corrected chi connectivity index (χ0v) is 18.0. The molecule has 2 N–H and O–H groups in total. The van der Waals surface area contributed by atoms with Crippen LogP contribution in [0.1, 0.15) is 5.56 Å². The summed E-state index contributed by atoms with van der Waals surface area (Å²) < 4.78 is 42.5. The molecule has 0 saturated heterocycles. The predicted molar refractivity (Wildman–Crippen MR) is 124 cm³/mol. The lowest BCUT2D eigenvalue weighted by atomic mass is 10.0. The Kier molecular flexibility index (Phi) is 4.18. The van der Waals surface area contributed by atoms with Crippen LogP contribution in [0.2, 0.25) is 0 Å². The van der Waals surface area contributed by atoms with Crippen molar-refractivity contribution in [3.05, 3.63) is 88.5 Å². The van der Waals surface area contributed by atoms with E-state index in [0.29, 0.717) is 29.7 Å². The number of hydrogen-bond donors (Lipinski definition) is 2. The standard InChI is InChI=1S/C24H17FN4O3S/c25-14-5-8-16(9-6-14)33(31,32)28-15-7-10-21-19(13-15)24(30)29-12-11-18-17-3-1-2-4-20(17)26-22(18)23(29)27-21/h1-10,13,26,28H,11-12H2. The first-order valence-electron chi connectivity index (χ1n) is 10.3. The summed E-state index contributed by atoms with van der Waals surface area (Å²) in [6, 6.07) is 17.2. The first kappa shape index (κ1) is 19.7. The Morgan fingerprint density at radius 1 is 1.00 bits per heavy atom. The van der Waals surface area contributed by atoms with Crippen LogP contribution in [-0.2, 0) is 23.0 Å². The summed E-state index contributed by atoms with van der Waals surface area (Å²) in [6.07, 6.45) is 0.691. The Hall–Kier alpha value is -3.98. The van der Waals surface area contributed by atoms with E-state index >= 15 is 0 Å². The minimum atomic E-state index is -3.93. The van der Waals surface area contributed by atoms with Gasteiger partial charge in [-0.15, -0.1) is 0 Å². The van der Waals surface area contributed by atoms with E-state index in [0.717, 1.165) is 34.3 Å². The molecule has 0 atom stereocenters. The maximum atomic E-state index is 13.3. The summed E-state index contributed by atoms with van der Waals surface area (Å²) >= 11 is 0. The number of fused-ring (bicyclic) bond motifs is 6. The molecule has 3 heterocycles. The third-order valence-corrected chi connectivity index (χ3v) is 7.35. The maximum absolute atomic E-state index is 13.3. The van der Waals surface area contributed by atoms with E-state index in [1.165, 1.54) is 18.2 Å². The molecule has 7 nitrogen and oxygen atoms in total. The first-order chi connectivity index (χ1) is 15.9. The van der Waals surface area contributed by atoms with Crippen LogP contribution < -0.4 is 10.3 Å². The lowest BCUT2D eigenvalue weighted by molar-refractivity contribution is 0.599. The topological polar surface area (TPSA) is 96.8 Å². The van der Waals surface area contributed by atoms with Crippen molar-refractivity contribution in [2.75, 3.05) is 4.72 Å². The van der Waals surface area contributed by atoms with Gasteiger partial charge in [-0.05, 0) is 60.5 Å². The van der Waals surface area contributed by atoms with Crippen LogP contribution in [0, 0.1) is 5.82 Å². The number of aromatic amines is 1. The second-order valence-electron chi connectivity index (χ2n) is 7.96. The lowest BCUT2D eigenvalue weighted by Crippen LogP contribution is -2.27. The third kappa shape index (κ3) is 3.12. The van der Waals surface area contributed by atoms with Crippen LogP contribution in [0.5, 0.6) is 0 Å². The van der Waals surface area contributed by atoms with Crippen molar-refractivity contribution in [2.24, 2.45) is 0 Å². The van der Waals surface area contributed by atoms with Gasteiger partial charge in [0.1, 0.15) is 5.82 Å². The number of aryl methyl sites for hydroxylation is 1. The molecule has 1 aliphatic rings. The van der Waals surface area contributed by atoms with E-state index in [1.807, 2.05) is 18.2 Å². The molecule has 0 aliphatic carbocycles. The SMILES string of the molecule is O=c1c2cc(NS(=O)(=O)c3ccc(F)cc3)ccc2nc2n1CCc1c-2[nH]c2ccccc12. The van der Waals surface area contributed by atoms with Gasteiger partial charge in [0.2, 0.25) is 0 Å². The van der Waals surface area contributed by atoms with Crippen LogP contribution in [0.3, 0.4) is 0 Å². The molecular weight excluding hydrogens is 443 g/mol. The molecule has 2 aromatic heterocycles. The maximum Gasteiger partial charge on any atom is 0.261 e. The van der Waals surface area contributed by atoms with Gasteiger partial charge in [0.05, 0.1) is 21.5 Å². The fourth-order valence-electron chi connectivity index (χ4n) is 4.38. The highest BCUT2D eigenvalue weighted by Gasteiger charge is 2.24. The van der Waals surface area contributed by atoms with Crippen LogP contribution in [0.15, 0.2) is 76.4 Å². The van der Waals surface area contributed by atoms with Gasteiger partial charge in [0, 0.05) is 23.1 Å². The monoisotopic (exact) mass is 460 g/mol. The number of hydrogen-bond acceptors (Lipinski definition) is 4. The van der Waals surface area contributed by atoms with Gasteiger partial charge in [0.15, 0.2) is 5.82 Å². The zero-order chi connectivity index (χ0) is 22.7. The van der Waals surface area contributed by atoms with Crippen LogP contribution >= 0.6 is 0 Å². The highest BCUT2D eigenvalue weighted by molar-refractivity contribution is 7.92. The van der Waals surface area contributed by atoms with Crippen molar-refractivity contribution in [1.82, 2.24) is 14.5 Å². The Balaban J connectivity index is 1.45. The van der Waals surface area contributed by atoms with Gasteiger partial charge in [-0.25, -0.2) is 17.8 Å². The van der Waals surface area contributed by atoms with E-state index in [-0.39, 0.29) is 16.1 Å². The van der Waals surface area contributed by atoms with E-state index in [4.69, 9.17) is 4.98 Å². The number of benzene rings is 3. The van der Waals surface area contributed by atoms with Gasteiger partial charge in [-0.3, -0.25) is 14.1 Å². The number of aromatic nitrogens is 3. The summed E-state index contributed by atoms with van der Waals surface area (Å²) in [5, 5.41) is 1.44. The molecule has 164 valence electrons. The number of H-pyrrole nitrogens is 1. The summed E-state index contributed by atoms with van der Waals surface area (Å²) in [5.74, 6) is 0.0474. The Bertz CT molecular complexity index is 1740. The third-order valence-electron chi connectivity index (χ3n) is 5.95. The van der Waals surface area contributed by atoms with Gasteiger partial charge in [-0.1, -0.05) is 18.2 Å². The van der Waals surface area contributed by atoms with Crippen LogP contribution in [0.4, 0.5) is 10.1 Å². The molecule has 33 heavy (non-hydrogen) atoms. The number of anilines is 1. The Labute approximate surface area is 187 Å². The molecule has 0 fully saturated rings. The smallest absolute Gasteiger partial charge is 0.261 e. The highest BCUT2D eigenvalue weighted by atomic mass is 32.2. The van der Waals surface area contributed by atoms with Crippen molar-refractivity contribution in [1.29, 1.82) is 0 Å². The molecule has 3 aromatic carbocycles. The van der Waals surface area contributed by atoms with E-state index in [9.17, 15) is 17.6 Å². The fourth-order valence-corrected chi connectivity index (χ4v) is 5.43. The van der Waals surface area contributed by atoms with Crippen LogP contribution in [0.25, 0.3) is 33.3 Å². The van der Waals surface area contributed by atoms with E-state index in [1.54, 1.807) is 16.7 Å². The molecule has 0 bridgehead atoms. The molecule has 0 spiro atoms. The molecule has 0 unspecified atom stereocenters. The summed E-state index contributed by atoms with van der Waals surface area (Å²) in [4.78, 5) is 21.4. The van der Waals surface area contributed by atoms with Gasteiger partial charge in [0.25, 0.3) is 15.6 Å². The first-order valence-corrected chi connectivity index (χ1v) is 11.8. The van der Waals surface area contributed by atoms with Gasteiger partial charge in [-0.2, -0.15) is 0 Å². The largest absolute Gasteiger partial charge is 0.352 e. The van der Waals surface area contributed by atoms with E-state index in [2.05, 4.69) is 15.8 Å². The van der Waals surface area contributed by atoms with Crippen molar-refractivity contribution in [2.45, 2.75) is 17.9 Å². The highest BCUT2D eigenvalue weighted by Crippen LogP contribution is 2.33. The molecule has 5 aromatic rings. The quantitative estimate of drug-likeness (QED) is 0.425. The molecule has 6 rings (SSSR count). The molecule has 1 aliphatic heterocycles. The zero-order valence-electron chi connectivity index (χ0n) is 17.2. The van der Waals surface area contributed by atoms with E-state index < -0.39 is 15.8 Å². The summed E-state index contributed by atoms with van der Waals surface area (Å²) in [6.45, 7) is 0.484. The molecular formula is C24H17FN4O3S. The normalized spacial score (nSPS) is 13.1. The number of nitrogens with zero attached hydrogens (tertiary/aromatic N) is 2. The molecule has 0 radical (unpaired) electrons. The lowest BCUT2D eigenvalue weighted by Gasteiger charge is -2.19. The van der Waals surface area contributed by atoms with Gasteiger partial charge >= 0.3 is 0 Å². The molecule has 0 saturated carbocycles. The minimum absolute atomic E-state index is 0.0735. The number of rotatable bonds is 3. The molecule has 9 heteroatoms. The van der Waals surface area contributed by atoms with Crippen molar-refractivity contribution >= 4 is 37.5 Å². The van der Waals surface area contributed by atoms with Gasteiger partial charge < -0.3 is 4.98 Å². The summed E-state index contributed by atoms with van der Waals surface area (Å²) in [7, 11) is -3.93. The number of sulfonamides is 1. The number of halogens is 1. The second kappa shape index (κ2) is 7.01. The predicted octanol–water partition coefficient (Wildman–Crippen LogP) is 4.04.